The van der Waals surface area contributed by atoms with Gasteiger partial charge in [-0.25, -0.2) is 0 Å². The van der Waals surface area contributed by atoms with Crippen molar-refractivity contribution in [3.63, 3.8) is 0 Å². The normalized spacial score (nSPS) is 12.3. The van der Waals surface area contributed by atoms with Crippen LogP contribution >= 0.6 is 0 Å². The predicted octanol–water partition coefficient (Wildman–Crippen LogP) is 2.27. The van der Waals surface area contributed by atoms with Crippen molar-refractivity contribution in [3.05, 3.63) is 24.3 Å². The summed E-state index contributed by atoms with van der Waals surface area (Å²) < 4.78 is 5.66. The van der Waals surface area contributed by atoms with E-state index in [0.717, 1.165) is 5.69 Å². The first-order valence-electron chi connectivity index (χ1n) is 6.25. The molecule has 0 saturated carbocycles. The SMILES string of the molecule is CNCC(C)C(=O)Nc1ccccc1OC(C)C. The first-order valence-corrected chi connectivity index (χ1v) is 6.25. The first-order chi connectivity index (χ1) is 8.54. The maximum Gasteiger partial charge on any atom is 0.228 e. The molecule has 18 heavy (non-hydrogen) atoms. The molecule has 4 heteroatoms. The molecule has 0 heterocycles. The highest BCUT2D eigenvalue weighted by molar-refractivity contribution is 5.93. The second-order valence-corrected chi connectivity index (χ2v) is 4.61. The van der Waals surface area contributed by atoms with E-state index in [1.54, 1.807) is 0 Å². The maximum atomic E-state index is 11.9. The number of rotatable bonds is 6. The van der Waals surface area contributed by atoms with Gasteiger partial charge in [0.1, 0.15) is 5.75 Å². The number of benzene rings is 1. The van der Waals surface area contributed by atoms with Gasteiger partial charge in [-0.15, -0.1) is 0 Å². The van der Waals surface area contributed by atoms with Crippen molar-refractivity contribution in [2.75, 3.05) is 18.9 Å². The predicted molar refractivity (Wildman–Crippen MR) is 73.9 cm³/mol. The zero-order valence-corrected chi connectivity index (χ0v) is 11.5. The molecule has 0 aliphatic carbocycles. The summed E-state index contributed by atoms with van der Waals surface area (Å²) in [6.07, 6.45) is 0.0813. The maximum absolute atomic E-state index is 11.9. The van der Waals surface area contributed by atoms with Gasteiger partial charge in [-0.1, -0.05) is 19.1 Å². The Morgan fingerprint density at radius 2 is 1.94 bits per heavy atom. The highest BCUT2D eigenvalue weighted by Crippen LogP contribution is 2.25. The van der Waals surface area contributed by atoms with Crippen LogP contribution in [-0.4, -0.2) is 25.6 Å². The van der Waals surface area contributed by atoms with Gasteiger partial charge in [-0.05, 0) is 33.0 Å². The zero-order chi connectivity index (χ0) is 13.5. The molecule has 100 valence electrons. The van der Waals surface area contributed by atoms with Crippen LogP contribution < -0.4 is 15.4 Å². The number of amides is 1. The Morgan fingerprint density at radius 3 is 2.56 bits per heavy atom. The lowest BCUT2D eigenvalue weighted by atomic mass is 10.1. The lowest BCUT2D eigenvalue weighted by Gasteiger charge is -2.16. The van der Waals surface area contributed by atoms with Crippen molar-refractivity contribution in [2.24, 2.45) is 5.92 Å². The molecule has 0 aliphatic heterocycles. The van der Waals surface area contributed by atoms with Gasteiger partial charge >= 0.3 is 0 Å². The molecular weight excluding hydrogens is 228 g/mol. The molecule has 1 aromatic carbocycles. The van der Waals surface area contributed by atoms with Crippen LogP contribution in [0.2, 0.25) is 0 Å². The fraction of sp³-hybridized carbons (Fsp3) is 0.500. The molecule has 0 aromatic heterocycles. The Bertz CT molecular complexity index is 391. The van der Waals surface area contributed by atoms with Gasteiger partial charge in [0.25, 0.3) is 0 Å². The number of carbonyl (C=O) groups excluding carboxylic acids is 1. The van der Waals surface area contributed by atoms with Crippen molar-refractivity contribution in [3.8, 4) is 5.75 Å². The lowest BCUT2D eigenvalue weighted by molar-refractivity contribution is -0.119. The second-order valence-electron chi connectivity index (χ2n) is 4.61. The molecule has 0 fully saturated rings. The number of nitrogens with one attached hydrogen (secondary N) is 2. The molecule has 0 saturated heterocycles. The summed E-state index contributed by atoms with van der Waals surface area (Å²) in [7, 11) is 1.83. The van der Waals surface area contributed by atoms with Gasteiger partial charge in [0.15, 0.2) is 0 Å². The Kier molecular flexibility index (Phi) is 5.65. The number of hydrogen-bond donors (Lipinski definition) is 2. The largest absolute Gasteiger partial charge is 0.489 e. The smallest absolute Gasteiger partial charge is 0.228 e. The van der Waals surface area contributed by atoms with Crippen LogP contribution in [0.25, 0.3) is 0 Å². The molecule has 0 bridgehead atoms. The molecule has 0 radical (unpaired) electrons. The highest BCUT2D eigenvalue weighted by Gasteiger charge is 2.14. The number of carbonyl (C=O) groups is 1. The third kappa shape index (κ3) is 4.37. The van der Waals surface area contributed by atoms with Crippen molar-refractivity contribution in [1.29, 1.82) is 0 Å². The average Bonchev–Trinajstić information content (AvgIpc) is 2.31. The molecule has 4 nitrogen and oxygen atoms in total. The fourth-order valence-corrected chi connectivity index (χ4v) is 1.58. The van der Waals surface area contributed by atoms with E-state index >= 15 is 0 Å². The summed E-state index contributed by atoms with van der Waals surface area (Å²) in [5.41, 5.74) is 0.721. The Morgan fingerprint density at radius 1 is 1.28 bits per heavy atom. The van der Waals surface area contributed by atoms with Crippen molar-refractivity contribution < 1.29 is 9.53 Å². The van der Waals surface area contributed by atoms with E-state index in [-0.39, 0.29) is 17.9 Å². The van der Waals surface area contributed by atoms with Crippen LogP contribution in [0.3, 0.4) is 0 Å². The van der Waals surface area contributed by atoms with Crippen LogP contribution in [-0.2, 0) is 4.79 Å². The number of para-hydroxylation sites is 2. The topological polar surface area (TPSA) is 50.4 Å². The summed E-state index contributed by atoms with van der Waals surface area (Å²) in [5, 5.41) is 5.89. The monoisotopic (exact) mass is 250 g/mol. The molecule has 0 spiro atoms. The van der Waals surface area contributed by atoms with Crippen molar-refractivity contribution in [2.45, 2.75) is 26.9 Å². The van der Waals surface area contributed by atoms with E-state index in [1.165, 1.54) is 0 Å². The summed E-state index contributed by atoms with van der Waals surface area (Å²) >= 11 is 0. The summed E-state index contributed by atoms with van der Waals surface area (Å²) in [5.74, 6) is 0.615. The molecular formula is C14H22N2O2. The fourth-order valence-electron chi connectivity index (χ4n) is 1.58. The van der Waals surface area contributed by atoms with Gasteiger partial charge in [0, 0.05) is 12.5 Å². The highest BCUT2D eigenvalue weighted by atomic mass is 16.5. The molecule has 2 N–H and O–H groups in total. The van der Waals surface area contributed by atoms with Gasteiger partial charge in [-0.2, -0.15) is 0 Å². The van der Waals surface area contributed by atoms with E-state index in [9.17, 15) is 4.79 Å². The minimum atomic E-state index is -0.0814. The Labute approximate surface area is 109 Å². The van der Waals surface area contributed by atoms with E-state index in [1.807, 2.05) is 52.1 Å². The summed E-state index contributed by atoms with van der Waals surface area (Å²) in [6.45, 7) is 6.46. The van der Waals surface area contributed by atoms with Gasteiger partial charge in [0.2, 0.25) is 5.91 Å². The van der Waals surface area contributed by atoms with Crippen LogP contribution in [0.15, 0.2) is 24.3 Å². The number of hydrogen-bond acceptors (Lipinski definition) is 3. The first kappa shape index (κ1) is 14.5. The Hall–Kier alpha value is -1.55. The molecule has 1 aromatic rings. The second kappa shape index (κ2) is 7.01. The number of anilines is 1. The molecule has 1 rings (SSSR count). The van der Waals surface area contributed by atoms with E-state index in [4.69, 9.17) is 4.74 Å². The standard InChI is InChI=1S/C14H22N2O2/c1-10(2)18-13-8-6-5-7-12(13)16-14(17)11(3)9-15-4/h5-8,10-11,15H,9H2,1-4H3,(H,16,17). The average molecular weight is 250 g/mol. The van der Waals surface area contributed by atoms with E-state index < -0.39 is 0 Å². The third-order valence-electron chi connectivity index (χ3n) is 2.47. The van der Waals surface area contributed by atoms with Crippen molar-refractivity contribution in [1.82, 2.24) is 5.32 Å². The molecule has 0 aliphatic rings. The van der Waals surface area contributed by atoms with Gasteiger partial charge in [0.05, 0.1) is 11.8 Å². The number of ether oxygens (including phenoxy) is 1. The van der Waals surface area contributed by atoms with Crippen LogP contribution in [0.5, 0.6) is 5.75 Å². The van der Waals surface area contributed by atoms with Crippen LogP contribution in [0.1, 0.15) is 20.8 Å². The minimum absolute atomic E-state index is 0.0100. The molecule has 1 unspecified atom stereocenters. The molecule has 1 atom stereocenters. The Balaban J connectivity index is 2.74. The van der Waals surface area contributed by atoms with Crippen LogP contribution in [0.4, 0.5) is 5.69 Å². The van der Waals surface area contributed by atoms with E-state index in [2.05, 4.69) is 10.6 Å². The van der Waals surface area contributed by atoms with Gasteiger partial charge in [-0.3, -0.25) is 4.79 Å². The lowest BCUT2D eigenvalue weighted by Crippen LogP contribution is -2.28. The molecule has 1 amide bonds. The zero-order valence-electron chi connectivity index (χ0n) is 11.5. The minimum Gasteiger partial charge on any atom is -0.489 e. The van der Waals surface area contributed by atoms with Gasteiger partial charge < -0.3 is 15.4 Å². The van der Waals surface area contributed by atoms with E-state index in [0.29, 0.717) is 12.3 Å². The van der Waals surface area contributed by atoms with Crippen molar-refractivity contribution >= 4 is 11.6 Å². The summed E-state index contributed by atoms with van der Waals surface area (Å²) in [4.78, 5) is 11.9. The summed E-state index contributed by atoms with van der Waals surface area (Å²) in [6, 6.07) is 7.48. The third-order valence-corrected chi connectivity index (χ3v) is 2.47. The van der Waals surface area contributed by atoms with Crippen LogP contribution in [0, 0.1) is 5.92 Å². The quantitative estimate of drug-likeness (QED) is 0.814.